The quantitative estimate of drug-likeness (QED) is 0.419. The van der Waals surface area contributed by atoms with E-state index in [1.54, 1.807) is 37.3 Å². The number of rotatable bonds is 11. The molecule has 3 rings (SSSR count). The zero-order chi connectivity index (χ0) is 26.5. The van der Waals surface area contributed by atoms with Gasteiger partial charge in [0.1, 0.15) is 10.9 Å². The number of fused-ring (bicyclic) bond motifs is 1. The number of carbonyl (C=O) groups excluding carboxylic acids is 3. The maximum atomic E-state index is 13.2. The average Bonchev–Trinajstić information content (AvgIpc) is 3.04. The van der Waals surface area contributed by atoms with Gasteiger partial charge in [-0.1, -0.05) is 54.7 Å². The van der Waals surface area contributed by atoms with Crippen LogP contribution in [0, 0.1) is 0 Å². The third-order valence-electron chi connectivity index (χ3n) is 6.00. The molecule has 0 aromatic heterocycles. The Kier molecular flexibility index (Phi) is 9.38. The summed E-state index contributed by atoms with van der Waals surface area (Å²) in [5.74, 6) is -1.24. The van der Waals surface area contributed by atoms with Gasteiger partial charge in [-0.2, -0.15) is 0 Å². The van der Waals surface area contributed by atoms with Gasteiger partial charge < -0.3 is 10.2 Å². The van der Waals surface area contributed by atoms with Gasteiger partial charge in [0.15, 0.2) is 0 Å². The van der Waals surface area contributed by atoms with Crippen LogP contribution in [0.2, 0.25) is 10.0 Å². The van der Waals surface area contributed by atoms with Crippen molar-refractivity contribution in [2.75, 3.05) is 13.1 Å². The Morgan fingerprint density at radius 2 is 1.81 bits per heavy atom. The molecule has 1 unspecified atom stereocenters. The topological polar surface area (TPSA) is 104 Å². The smallest absolute Gasteiger partial charge is 0.269 e. The van der Waals surface area contributed by atoms with Crippen molar-refractivity contribution in [1.82, 2.24) is 14.5 Å². The molecule has 0 aliphatic carbocycles. The molecule has 1 atom stereocenters. The van der Waals surface area contributed by atoms with Crippen molar-refractivity contribution in [3.8, 4) is 0 Å². The standard InChI is InChI=1S/C25H29Cl2N3O5S/c1-3-4-13-28-24(32)17(2)29(16-18-11-12-20(26)21(27)15-18)23(31)10-7-14-30-25(33)19-8-5-6-9-22(19)36(30,34)35/h5-6,8-9,11-12,15,17H,3-4,7,10,13-14,16H2,1-2H3,(H,28,32). The van der Waals surface area contributed by atoms with Crippen LogP contribution in [0.3, 0.4) is 0 Å². The number of amides is 3. The minimum absolute atomic E-state index is 0.0278. The Balaban J connectivity index is 1.71. The molecule has 2 aromatic carbocycles. The second kappa shape index (κ2) is 12.1. The number of sulfonamides is 1. The second-order valence-electron chi connectivity index (χ2n) is 8.57. The van der Waals surface area contributed by atoms with Crippen molar-refractivity contribution in [3.05, 3.63) is 63.6 Å². The number of hydrogen-bond acceptors (Lipinski definition) is 5. The summed E-state index contributed by atoms with van der Waals surface area (Å²) < 4.78 is 26.3. The van der Waals surface area contributed by atoms with Gasteiger partial charge in [-0.3, -0.25) is 14.4 Å². The average molecular weight is 554 g/mol. The minimum atomic E-state index is -3.95. The van der Waals surface area contributed by atoms with Crippen molar-refractivity contribution < 1.29 is 22.8 Å². The number of unbranched alkanes of at least 4 members (excludes halogenated alkanes) is 1. The molecule has 2 aromatic rings. The van der Waals surface area contributed by atoms with Gasteiger partial charge in [0.2, 0.25) is 11.8 Å². The molecule has 36 heavy (non-hydrogen) atoms. The highest BCUT2D eigenvalue weighted by molar-refractivity contribution is 7.90. The predicted octanol–water partition coefficient (Wildman–Crippen LogP) is 4.25. The number of nitrogens with one attached hydrogen (secondary N) is 1. The van der Waals surface area contributed by atoms with Crippen LogP contribution >= 0.6 is 23.2 Å². The van der Waals surface area contributed by atoms with Crippen LogP contribution in [-0.2, 0) is 26.2 Å². The molecule has 1 aliphatic heterocycles. The van der Waals surface area contributed by atoms with E-state index in [2.05, 4.69) is 5.32 Å². The zero-order valence-electron chi connectivity index (χ0n) is 20.2. The van der Waals surface area contributed by atoms with Crippen LogP contribution in [0.5, 0.6) is 0 Å². The normalized spacial score (nSPS) is 14.9. The van der Waals surface area contributed by atoms with E-state index in [1.807, 2.05) is 6.92 Å². The number of carbonyl (C=O) groups is 3. The zero-order valence-corrected chi connectivity index (χ0v) is 22.5. The highest BCUT2D eigenvalue weighted by Crippen LogP contribution is 2.30. The molecule has 1 N–H and O–H groups in total. The Hall–Kier alpha value is -2.62. The van der Waals surface area contributed by atoms with Gasteiger partial charge in [0, 0.05) is 26.1 Å². The van der Waals surface area contributed by atoms with E-state index in [4.69, 9.17) is 23.2 Å². The first-order valence-electron chi connectivity index (χ1n) is 11.7. The lowest BCUT2D eigenvalue weighted by molar-refractivity contribution is -0.140. The first-order valence-corrected chi connectivity index (χ1v) is 13.9. The first kappa shape index (κ1) is 28.0. The minimum Gasteiger partial charge on any atom is -0.354 e. The van der Waals surface area contributed by atoms with Gasteiger partial charge in [0.25, 0.3) is 15.9 Å². The summed E-state index contributed by atoms with van der Waals surface area (Å²) in [5, 5.41) is 3.55. The van der Waals surface area contributed by atoms with Crippen molar-refractivity contribution in [3.63, 3.8) is 0 Å². The molecule has 1 heterocycles. The highest BCUT2D eigenvalue weighted by Gasteiger charge is 2.40. The lowest BCUT2D eigenvalue weighted by atomic mass is 10.1. The number of hydrogen-bond donors (Lipinski definition) is 1. The van der Waals surface area contributed by atoms with E-state index in [1.165, 1.54) is 17.0 Å². The van der Waals surface area contributed by atoms with Gasteiger partial charge in [-0.25, -0.2) is 12.7 Å². The number of benzene rings is 2. The summed E-state index contributed by atoms with van der Waals surface area (Å²) in [4.78, 5) is 40.0. The molecule has 0 saturated carbocycles. The molecule has 0 spiro atoms. The largest absolute Gasteiger partial charge is 0.354 e. The monoisotopic (exact) mass is 553 g/mol. The number of halogens is 2. The second-order valence-corrected chi connectivity index (χ2v) is 11.2. The van der Waals surface area contributed by atoms with Crippen molar-refractivity contribution in [2.45, 2.75) is 57.0 Å². The molecule has 8 nitrogen and oxygen atoms in total. The predicted molar refractivity (Wildman–Crippen MR) is 138 cm³/mol. The lowest BCUT2D eigenvalue weighted by Crippen LogP contribution is -2.48. The third-order valence-corrected chi connectivity index (χ3v) is 8.58. The Morgan fingerprint density at radius 3 is 2.47 bits per heavy atom. The van der Waals surface area contributed by atoms with E-state index in [9.17, 15) is 22.8 Å². The van der Waals surface area contributed by atoms with Crippen molar-refractivity contribution in [2.24, 2.45) is 0 Å². The Bertz CT molecular complexity index is 1250. The first-order chi connectivity index (χ1) is 17.1. The molecule has 0 saturated heterocycles. The van der Waals surface area contributed by atoms with E-state index in [0.29, 0.717) is 22.2 Å². The number of nitrogens with zero attached hydrogens (tertiary/aromatic N) is 2. The van der Waals surface area contributed by atoms with E-state index in [0.717, 1.165) is 17.1 Å². The fourth-order valence-electron chi connectivity index (χ4n) is 3.92. The lowest BCUT2D eigenvalue weighted by Gasteiger charge is -2.29. The van der Waals surface area contributed by atoms with Gasteiger partial charge >= 0.3 is 0 Å². The van der Waals surface area contributed by atoms with E-state index in [-0.39, 0.29) is 48.2 Å². The summed E-state index contributed by atoms with van der Waals surface area (Å²) in [6, 6.07) is 10.2. The molecular weight excluding hydrogens is 525 g/mol. The Morgan fingerprint density at radius 1 is 1.08 bits per heavy atom. The third kappa shape index (κ3) is 6.19. The molecule has 3 amide bonds. The van der Waals surface area contributed by atoms with Crippen LogP contribution in [0.15, 0.2) is 47.4 Å². The molecule has 0 bridgehead atoms. The van der Waals surface area contributed by atoms with E-state index >= 15 is 0 Å². The molecule has 1 aliphatic rings. The van der Waals surface area contributed by atoms with Crippen LogP contribution in [0.4, 0.5) is 0 Å². The molecule has 0 fully saturated rings. The molecule has 194 valence electrons. The fourth-order valence-corrected chi connectivity index (χ4v) is 5.85. The van der Waals surface area contributed by atoms with Gasteiger partial charge in [-0.05, 0) is 49.6 Å². The van der Waals surface area contributed by atoms with Crippen LogP contribution in [-0.4, -0.2) is 54.5 Å². The fraction of sp³-hybridized carbons (Fsp3) is 0.400. The molecule has 0 radical (unpaired) electrons. The summed E-state index contributed by atoms with van der Waals surface area (Å²) in [6.45, 7) is 4.13. The van der Waals surface area contributed by atoms with Crippen molar-refractivity contribution in [1.29, 1.82) is 0 Å². The SMILES string of the molecule is CCCCNC(=O)C(C)N(Cc1ccc(Cl)c(Cl)c1)C(=O)CCCN1C(=O)c2ccccc2S1(=O)=O. The van der Waals surface area contributed by atoms with Crippen LogP contribution in [0.1, 0.15) is 55.5 Å². The highest BCUT2D eigenvalue weighted by atomic mass is 35.5. The van der Waals surface area contributed by atoms with Crippen LogP contribution < -0.4 is 5.32 Å². The summed E-state index contributed by atoms with van der Waals surface area (Å²) >= 11 is 12.1. The van der Waals surface area contributed by atoms with Gasteiger partial charge in [-0.15, -0.1) is 0 Å². The summed E-state index contributed by atoms with van der Waals surface area (Å²) in [7, 11) is -3.95. The van der Waals surface area contributed by atoms with Crippen LogP contribution in [0.25, 0.3) is 0 Å². The Labute approximate surface area is 221 Å². The maximum absolute atomic E-state index is 13.2. The molecule has 11 heteroatoms. The summed E-state index contributed by atoms with van der Waals surface area (Å²) in [5.41, 5.74) is 0.821. The molecular formula is C25H29Cl2N3O5S. The summed E-state index contributed by atoms with van der Waals surface area (Å²) in [6.07, 6.45) is 1.80. The van der Waals surface area contributed by atoms with E-state index < -0.39 is 22.0 Å². The van der Waals surface area contributed by atoms with Gasteiger partial charge in [0.05, 0.1) is 15.6 Å². The maximum Gasteiger partial charge on any atom is 0.269 e. The van der Waals surface area contributed by atoms with Crippen molar-refractivity contribution >= 4 is 50.9 Å².